The predicted octanol–water partition coefficient (Wildman–Crippen LogP) is 6.62. The molecule has 2 heterocycles. The number of carbonyl (C=O) groups excluding carboxylic acids is 1. The molecule has 2 aliphatic rings. The average Bonchev–Trinajstić information content (AvgIpc) is 3.52. The summed E-state index contributed by atoms with van der Waals surface area (Å²) in [5.74, 6) is 1.39. The quantitative estimate of drug-likeness (QED) is 0.220. The second kappa shape index (κ2) is 10.7. The molecule has 1 aromatic carbocycles. The Labute approximate surface area is 213 Å². The molecule has 2 aromatic heterocycles. The molecule has 0 unspecified atom stereocenters. The lowest BCUT2D eigenvalue weighted by molar-refractivity contribution is -0.384. The molecule has 188 valence electrons. The van der Waals surface area contributed by atoms with Gasteiger partial charge < -0.3 is 14.5 Å². The first kappa shape index (κ1) is 24.2. The molecule has 1 N–H and O–H groups in total. The minimum atomic E-state index is -0.452. The van der Waals surface area contributed by atoms with Crippen LogP contribution >= 0.6 is 11.3 Å². The number of hydrogen-bond acceptors (Lipinski definition) is 7. The molecular formula is C27H29N3O5S. The summed E-state index contributed by atoms with van der Waals surface area (Å²) >= 11 is 1.59. The third-order valence-corrected chi connectivity index (χ3v) is 8.12. The Morgan fingerprint density at radius 1 is 1.17 bits per heavy atom. The number of furan rings is 1. The number of ether oxygens (including phenoxy) is 1. The van der Waals surface area contributed by atoms with Crippen LogP contribution in [0.3, 0.4) is 0 Å². The van der Waals surface area contributed by atoms with E-state index in [4.69, 9.17) is 14.1 Å². The third kappa shape index (κ3) is 5.06. The normalized spacial score (nSPS) is 16.1. The molecule has 0 spiro atoms. The van der Waals surface area contributed by atoms with Crippen LogP contribution in [0.2, 0.25) is 0 Å². The van der Waals surface area contributed by atoms with Crippen LogP contribution in [0.5, 0.6) is 5.75 Å². The van der Waals surface area contributed by atoms with Gasteiger partial charge in [-0.15, -0.1) is 11.3 Å². The van der Waals surface area contributed by atoms with Gasteiger partial charge in [-0.1, -0.05) is 19.3 Å². The Morgan fingerprint density at radius 2 is 1.97 bits per heavy atom. The fourth-order valence-corrected chi connectivity index (χ4v) is 6.30. The molecule has 1 saturated carbocycles. The molecule has 0 atom stereocenters. The van der Waals surface area contributed by atoms with Gasteiger partial charge >= 0.3 is 0 Å². The molecule has 9 heteroatoms. The number of nitro benzene ring substituents is 1. The number of benzene rings is 1. The van der Waals surface area contributed by atoms with E-state index in [1.165, 1.54) is 30.5 Å². The van der Waals surface area contributed by atoms with Gasteiger partial charge in [0.2, 0.25) is 0 Å². The van der Waals surface area contributed by atoms with Crippen LogP contribution in [-0.2, 0) is 12.8 Å². The van der Waals surface area contributed by atoms with E-state index in [9.17, 15) is 14.9 Å². The van der Waals surface area contributed by atoms with Crippen molar-refractivity contribution >= 4 is 34.1 Å². The minimum absolute atomic E-state index is 0.0186. The zero-order chi connectivity index (χ0) is 25.1. The van der Waals surface area contributed by atoms with Crippen LogP contribution in [0.4, 0.5) is 10.7 Å². The molecule has 0 bridgehead atoms. The SMILES string of the molecule is COc1ccc([N+](=O)[O-])cc1-c1ccc(/C=N\c2sc3c(c2C(=O)NC2CCCCC2)CCCC3)o1. The van der Waals surface area contributed by atoms with E-state index in [1.54, 1.807) is 35.8 Å². The maximum absolute atomic E-state index is 13.4. The van der Waals surface area contributed by atoms with Gasteiger partial charge in [-0.3, -0.25) is 14.9 Å². The van der Waals surface area contributed by atoms with Crippen LogP contribution in [0.1, 0.15) is 71.5 Å². The topological polar surface area (TPSA) is 107 Å². The van der Waals surface area contributed by atoms with Crippen LogP contribution in [0, 0.1) is 10.1 Å². The van der Waals surface area contributed by atoms with Crippen molar-refractivity contribution in [1.82, 2.24) is 5.32 Å². The highest BCUT2D eigenvalue weighted by Crippen LogP contribution is 2.40. The highest BCUT2D eigenvalue weighted by atomic mass is 32.1. The highest BCUT2D eigenvalue weighted by Gasteiger charge is 2.27. The van der Waals surface area contributed by atoms with E-state index >= 15 is 0 Å². The van der Waals surface area contributed by atoms with E-state index < -0.39 is 4.92 Å². The number of amides is 1. The number of thiophene rings is 1. The summed E-state index contributed by atoms with van der Waals surface area (Å²) in [6.45, 7) is 0. The Morgan fingerprint density at radius 3 is 2.75 bits per heavy atom. The Kier molecular flexibility index (Phi) is 7.18. The number of aryl methyl sites for hydroxylation is 1. The van der Waals surface area contributed by atoms with Gasteiger partial charge in [-0.25, -0.2) is 4.99 Å². The molecule has 0 saturated heterocycles. The maximum atomic E-state index is 13.4. The van der Waals surface area contributed by atoms with Crippen molar-refractivity contribution in [3.63, 3.8) is 0 Å². The fraction of sp³-hybridized carbons (Fsp3) is 0.407. The van der Waals surface area contributed by atoms with Gasteiger partial charge in [0, 0.05) is 23.1 Å². The molecule has 0 aliphatic heterocycles. The zero-order valence-electron chi connectivity index (χ0n) is 20.2. The number of fused-ring (bicyclic) bond motifs is 1. The van der Waals surface area contributed by atoms with Gasteiger partial charge in [0.1, 0.15) is 22.3 Å². The van der Waals surface area contributed by atoms with E-state index in [0.29, 0.717) is 33.4 Å². The van der Waals surface area contributed by atoms with Crippen molar-refractivity contribution < 1.29 is 18.9 Å². The smallest absolute Gasteiger partial charge is 0.270 e. The highest BCUT2D eigenvalue weighted by molar-refractivity contribution is 7.16. The third-order valence-electron chi connectivity index (χ3n) is 6.92. The number of rotatable bonds is 7. The average molecular weight is 508 g/mol. The van der Waals surface area contributed by atoms with Gasteiger partial charge in [-0.05, 0) is 62.3 Å². The summed E-state index contributed by atoms with van der Waals surface area (Å²) < 4.78 is 11.3. The predicted molar refractivity (Wildman–Crippen MR) is 140 cm³/mol. The van der Waals surface area contributed by atoms with E-state index in [-0.39, 0.29) is 17.6 Å². The number of hydrogen-bond donors (Lipinski definition) is 1. The fourth-order valence-electron chi connectivity index (χ4n) is 5.07. The molecule has 0 radical (unpaired) electrons. The van der Waals surface area contributed by atoms with E-state index in [1.807, 2.05) is 0 Å². The molecule has 2 aliphatic carbocycles. The number of nitrogens with zero attached hydrogens (tertiary/aromatic N) is 2. The molecule has 5 rings (SSSR count). The van der Waals surface area contributed by atoms with Crippen molar-refractivity contribution in [3.05, 3.63) is 62.2 Å². The lowest BCUT2D eigenvalue weighted by Crippen LogP contribution is -2.36. The van der Waals surface area contributed by atoms with Crippen molar-refractivity contribution in [2.24, 2.45) is 4.99 Å². The molecule has 36 heavy (non-hydrogen) atoms. The first-order valence-electron chi connectivity index (χ1n) is 12.5. The van der Waals surface area contributed by atoms with Crippen LogP contribution in [0.25, 0.3) is 11.3 Å². The summed E-state index contributed by atoms with van der Waals surface area (Å²) in [5, 5.41) is 15.2. The number of carbonyl (C=O) groups is 1. The summed E-state index contributed by atoms with van der Waals surface area (Å²) in [6.07, 6.45) is 11.4. The Hall–Kier alpha value is -3.46. The number of methoxy groups -OCH3 is 1. The Bertz CT molecular complexity index is 1300. The second-order valence-corrected chi connectivity index (χ2v) is 10.4. The summed E-state index contributed by atoms with van der Waals surface area (Å²) in [5.41, 5.74) is 2.30. The second-order valence-electron chi connectivity index (χ2n) is 9.30. The monoisotopic (exact) mass is 507 g/mol. The molecular weight excluding hydrogens is 478 g/mol. The summed E-state index contributed by atoms with van der Waals surface area (Å²) in [6, 6.07) is 8.11. The van der Waals surface area contributed by atoms with Crippen LogP contribution < -0.4 is 10.1 Å². The van der Waals surface area contributed by atoms with E-state index in [0.717, 1.165) is 56.9 Å². The van der Waals surface area contributed by atoms with Gasteiger partial charge in [-0.2, -0.15) is 0 Å². The molecule has 1 fully saturated rings. The van der Waals surface area contributed by atoms with Crippen molar-refractivity contribution in [1.29, 1.82) is 0 Å². The minimum Gasteiger partial charge on any atom is -0.496 e. The number of nitro groups is 1. The Balaban J connectivity index is 1.42. The number of aliphatic imine (C=N–C) groups is 1. The molecule has 1 amide bonds. The maximum Gasteiger partial charge on any atom is 0.270 e. The molecule has 8 nitrogen and oxygen atoms in total. The van der Waals surface area contributed by atoms with E-state index in [2.05, 4.69) is 5.32 Å². The van der Waals surface area contributed by atoms with Crippen molar-refractivity contribution in [2.75, 3.05) is 7.11 Å². The first-order valence-corrected chi connectivity index (χ1v) is 13.3. The van der Waals surface area contributed by atoms with Crippen molar-refractivity contribution in [2.45, 2.75) is 63.8 Å². The van der Waals surface area contributed by atoms with Gasteiger partial charge in [0.25, 0.3) is 11.6 Å². The first-order chi connectivity index (χ1) is 17.5. The van der Waals surface area contributed by atoms with Crippen molar-refractivity contribution in [3.8, 4) is 17.1 Å². The number of nitrogens with one attached hydrogen (secondary N) is 1. The number of non-ortho nitro benzene ring substituents is 1. The standard InChI is InChI=1S/C27H29N3O5S/c1-34-22-13-11-18(30(32)33)15-21(22)23-14-12-19(35-23)16-28-27-25(20-9-5-6-10-24(20)36-27)26(31)29-17-7-3-2-4-8-17/h11-17H,2-10H2,1H3,(H,29,31)/b28-16-. The summed E-state index contributed by atoms with van der Waals surface area (Å²) in [7, 11) is 1.51. The summed E-state index contributed by atoms with van der Waals surface area (Å²) in [4.78, 5) is 30.1. The zero-order valence-corrected chi connectivity index (χ0v) is 21.1. The van der Waals surface area contributed by atoms with Crippen LogP contribution in [-0.4, -0.2) is 30.2 Å². The largest absolute Gasteiger partial charge is 0.496 e. The lowest BCUT2D eigenvalue weighted by Gasteiger charge is -2.23. The van der Waals surface area contributed by atoms with Gasteiger partial charge in [0.15, 0.2) is 0 Å². The molecule has 3 aromatic rings. The lowest BCUT2D eigenvalue weighted by atomic mass is 9.93. The van der Waals surface area contributed by atoms with Crippen LogP contribution in [0.15, 0.2) is 39.7 Å². The van der Waals surface area contributed by atoms with Gasteiger partial charge in [0.05, 0.1) is 29.4 Å².